The molecule has 0 atom stereocenters. The van der Waals surface area contributed by atoms with Crippen molar-refractivity contribution in [1.29, 1.82) is 0 Å². The summed E-state index contributed by atoms with van der Waals surface area (Å²) < 4.78 is 21.3. The molecule has 10 heteroatoms. The molecule has 1 aromatic heterocycles. The third-order valence-corrected chi connectivity index (χ3v) is 4.39. The molecule has 0 aliphatic carbocycles. The molecule has 32 heavy (non-hydrogen) atoms. The highest BCUT2D eigenvalue weighted by Gasteiger charge is 2.18. The van der Waals surface area contributed by atoms with Gasteiger partial charge in [-0.3, -0.25) is 0 Å². The first-order valence-electron chi connectivity index (χ1n) is 9.72. The number of carbonyl (C=O) groups is 2. The van der Waals surface area contributed by atoms with Crippen LogP contribution in [0.4, 0.5) is 9.59 Å². The normalized spacial score (nSPS) is 10.3. The summed E-state index contributed by atoms with van der Waals surface area (Å²) in [6.45, 7) is 0.659. The summed E-state index contributed by atoms with van der Waals surface area (Å²) in [6, 6.07) is 14.1. The van der Waals surface area contributed by atoms with Crippen LogP contribution in [-0.4, -0.2) is 44.5 Å². The van der Waals surface area contributed by atoms with Gasteiger partial charge in [-0.25, -0.2) is 14.6 Å². The lowest BCUT2D eigenvalue weighted by molar-refractivity contribution is 0.169. The van der Waals surface area contributed by atoms with E-state index in [4.69, 9.17) is 19.6 Å². The number of nitrogens with two attached hydrogens (primary N) is 1. The van der Waals surface area contributed by atoms with Crippen LogP contribution in [0.2, 0.25) is 0 Å². The van der Waals surface area contributed by atoms with E-state index < -0.39 is 12.1 Å². The second kappa shape index (κ2) is 10.7. The highest BCUT2D eigenvalue weighted by atomic mass is 16.5. The molecular formula is C22H24N4O6. The molecule has 0 aliphatic rings. The molecule has 0 spiro atoms. The van der Waals surface area contributed by atoms with E-state index in [-0.39, 0.29) is 13.2 Å². The van der Waals surface area contributed by atoms with Crippen molar-refractivity contribution in [3.8, 4) is 34.1 Å². The largest absolute Gasteiger partial charge is 0.497 e. The minimum absolute atomic E-state index is 0.0733. The second-order valence-corrected chi connectivity index (χ2v) is 6.52. The average molecular weight is 440 g/mol. The maximum absolute atomic E-state index is 11.4. The van der Waals surface area contributed by atoms with Gasteiger partial charge in [0.15, 0.2) is 5.76 Å². The number of oxazole rings is 1. The molecule has 0 saturated carbocycles. The quantitative estimate of drug-likeness (QED) is 0.435. The zero-order valence-electron chi connectivity index (χ0n) is 17.7. The number of amides is 3. The number of aromatic nitrogens is 1. The maximum Gasteiger partial charge on any atom is 0.407 e. The maximum atomic E-state index is 11.4. The molecule has 1 heterocycles. The Labute approximate surface area is 184 Å². The Morgan fingerprint density at radius 2 is 1.62 bits per heavy atom. The molecule has 0 saturated heterocycles. The van der Waals surface area contributed by atoms with Crippen LogP contribution in [0.25, 0.3) is 22.6 Å². The van der Waals surface area contributed by atoms with Crippen LogP contribution in [-0.2, 0) is 11.3 Å². The molecule has 2 aromatic carbocycles. The topological polar surface area (TPSA) is 138 Å². The minimum atomic E-state index is -0.599. The Morgan fingerprint density at radius 1 is 0.969 bits per heavy atom. The fraction of sp³-hybridized carbons (Fsp3) is 0.227. The van der Waals surface area contributed by atoms with Crippen molar-refractivity contribution < 1.29 is 28.2 Å². The zero-order valence-corrected chi connectivity index (χ0v) is 17.7. The first-order valence-corrected chi connectivity index (χ1v) is 9.72. The van der Waals surface area contributed by atoms with E-state index in [1.54, 1.807) is 19.2 Å². The predicted molar refractivity (Wildman–Crippen MR) is 116 cm³/mol. The molecule has 0 radical (unpaired) electrons. The van der Waals surface area contributed by atoms with Crippen molar-refractivity contribution in [2.75, 3.05) is 27.4 Å². The van der Waals surface area contributed by atoms with Crippen molar-refractivity contribution >= 4 is 12.1 Å². The molecular weight excluding hydrogens is 416 g/mol. The summed E-state index contributed by atoms with van der Waals surface area (Å²) in [5, 5.41) is 5.02. The standard InChI is InChI=1S/C22H24N4O6/c1-29-16-7-3-14(4-8-16)19-20(32-18(26-19)13-25-22(28)30-2)15-5-9-17(10-6-15)31-12-11-24-21(23)27/h3-10H,11-13H2,1-2H3,(H,25,28)(H3,23,24,27). The number of nitrogens with one attached hydrogen (secondary N) is 2. The number of rotatable bonds is 9. The minimum Gasteiger partial charge on any atom is -0.497 e. The zero-order chi connectivity index (χ0) is 22.9. The predicted octanol–water partition coefficient (Wildman–Crippen LogP) is 2.92. The number of alkyl carbamates (subject to hydrolysis) is 1. The van der Waals surface area contributed by atoms with Gasteiger partial charge in [-0.1, -0.05) is 0 Å². The lowest BCUT2D eigenvalue weighted by atomic mass is 10.1. The van der Waals surface area contributed by atoms with Crippen LogP contribution in [0.3, 0.4) is 0 Å². The lowest BCUT2D eigenvalue weighted by Gasteiger charge is -2.07. The molecule has 168 valence electrons. The van der Waals surface area contributed by atoms with E-state index in [1.807, 2.05) is 36.4 Å². The number of hydrogen-bond acceptors (Lipinski definition) is 7. The number of benzene rings is 2. The van der Waals surface area contributed by atoms with Gasteiger partial charge in [0, 0.05) is 11.1 Å². The summed E-state index contributed by atoms with van der Waals surface area (Å²) >= 11 is 0. The van der Waals surface area contributed by atoms with E-state index in [0.29, 0.717) is 29.6 Å². The second-order valence-electron chi connectivity index (χ2n) is 6.52. The molecule has 0 unspecified atom stereocenters. The SMILES string of the molecule is COC(=O)NCc1nc(-c2ccc(OC)cc2)c(-c2ccc(OCCNC(N)=O)cc2)o1. The Morgan fingerprint density at radius 3 is 2.25 bits per heavy atom. The van der Waals surface area contributed by atoms with Gasteiger partial charge in [-0.05, 0) is 48.5 Å². The highest BCUT2D eigenvalue weighted by molar-refractivity contribution is 5.77. The van der Waals surface area contributed by atoms with Crippen molar-refractivity contribution in [2.45, 2.75) is 6.54 Å². The smallest absolute Gasteiger partial charge is 0.407 e. The van der Waals surface area contributed by atoms with Gasteiger partial charge in [-0.2, -0.15) is 0 Å². The van der Waals surface area contributed by atoms with E-state index >= 15 is 0 Å². The Bertz CT molecular complexity index is 1050. The van der Waals surface area contributed by atoms with E-state index in [2.05, 4.69) is 20.4 Å². The summed E-state index contributed by atoms with van der Waals surface area (Å²) in [6.07, 6.45) is -0.580. The number of methoxy groups -OCH3 is 2. The Hall–Kier alpha value is -4.21. The first-order chi connectivity index (χ1) is 15.5. The number of urea groups is 1. The highest BCUT2D eigenvalue weighted by Crippen LogP contribution is 2.34. The van der Waals surface area contributed by atoms with Crippen molar-refractivity contribution in [3.05, 3.63) is 54.4 Å². The van der Waals surface area contributed by atoms with Crippen LogP contribution < -0.4 is 25.8 Å². The van der Waals surface area contributed by atoms with Gasteiger partial charge in [0.25, 0.3) is 0 Å². The van der Waals surface area contributed by atoms with Crippen molar-refractivity contribution in [2.24, 2.45) is 5.73 Å². The summed E-state index contributed by atoms with van der Waals surface area (Å²) in [7, 11) is 2.88. The monoisotopic (exact) mass is 440 g/mol. The molecule has 4 N–H and O–H groups in total. The number of ether oxygens (including phenoxy) is 3. The van der Waals surface area contributed by atoms with Crippen molar-refractivity contribution in [1.82, 2.24) is 15.6 Å². The number of nitrogens with zero attached hydrogens (tertiary/aromatic N) is 1. The molecule has 3 aromatic rings. The number of carbonyl (C=O) groups excluding carboxylic acids is 2. The van der Waals surface area contributed by atoms with E-state index in [1.165, 1.54) is 7.11 Å². The third-order valence-electron chi connectivity index (χ3n) is 4.39. The van der Waals surface area contributed by atoms with Gasteiger partial charge in [0.2, 0.25) is 5.89 Å². The van der Waals surface area contributed by atoms with Gasteiger partial charge >= 0.3 is 12.1 Å². The van der Waals surface area contributed by atoms with Crippen LogP contribution >= 0.6 is 0 Å². The van der Waals surface area contributed by atoms with Gasteiger partial charge in [0.05, 0.1) is 27.3 Å². The number of hydrogen-bond donors (Lipinski definition) is 3. The van der Waals surface area contributed by atoms with Crippen LogP contribution in [0.5, 0.6) is 11.5 Å². The molecule has 0 aliphatic heterocycles. The fourth-order valence-electron chi connectivity index (χ4n) is 2.85. The van der Waals surface area contributed by atoms with Crippen LogP contribution in [0, 0.1) is 0 Å². The summed E-state index contributed by atoms with van der Waals surface area (Å²) in [5.41, 5.74) is 7.24. The van der Waals surface area contributed by atoms with Gasteiger partial charge < -0.3 is 35.0 Å². The average Bonchev–Trinajstić information content (AvgIpc) is 3.25. The van der Waals surface area contributed by atoms with Crippen molar-refractivity contribution in [3.63, 3.8) is 0 Å². The first kappa shape index (κ1) is 22.5. The summed E-state index contributed by atoms with van der Waals surface area (Å²) in [5.74, 6) is 2.21. The molecule has 0 fully saturated rings. The number of primary amides is 1. The van der Waals surface area contributed by atoms with Crippen LogP contribution in [0.1, 0.15) is 5.89 Å². The Balaban J connectivity index is 1.83. The molecule has 3 amide bonds. The van der Waals surface area contributed by atoms with Crippen LogP contribution in [0.15, 0.2) is 52.9 Å². The Kier molecular flexibility index (Phi) is 7.52. The lowest BCUT2D eigenvalue weighted by Crippen LogP contribution is -2.32. The van der Waals surface area contributed by atoms with E-state index in [0.717, 1.165) is 16.9 Å². The molecule has 3 rings (SSSR count). The third kappa shape index (κ3) is 5.91. The summed E-state index contributed by atoms with van der Waals surface area (Å²) in [4.78, 5) is 26.7. The fourth-order valence-corrected chi connectivity index (χ4v) is 2.85. The van der Waals surface area contributed by atoms with Gasteiger partial charge in [-0.15, -0.1) is 0 Å². The van der Waals surface area contributed by atoms with Gasteiger partial charge in [0.1, 0.15) is 23.8 Å². The molecule has 10 nitrogen and oxygen atoms in total. The molecule has 0 bridgehead atoms. The van der Waals surface area contributed by atoms with E-state index in [9.17, 15) is 9.59 Å².